The van der Waals surface area contributed by atoms with Crippen LogP contribution >= 0.6 is 0 Å². The van der Waals surface area contributed by atoms with Gasteiger partial charge >= 0.3 is 5.97 Å². The largest absolute Gasteiger partial charge is 0.478 e. The standard InChI is InChI=1S/C19H26N2O2/c1-4-6-14(7-5-2)21-16-9-8-13(17(22)23)12-15(16)20-18(21)19(3)10-11-19/h8-9,12,14H,4-7,10-11H2,1-3H3,(H,22,23). The normalized spacial score (nSPS) is 16.2. The average Bonchev–Trinajstić information content (AvgIpc) is 3.14. The minimum absolute atomic E-state index is 0.169. The van der Waals surface area contributed by atoms with E-state index in [2.05, 4.69) is 25.3 Å². The predicted octanol–water partition coefficient (Wildman–Crippen LogP) is 4.93. The number of hydrogen-bond acceptors (Lipinski definition) is 2. The summed E-state index contributed by atoms with van der Waals surface area (Å²) in [5.74, 6) is 0.265. The van der Waals surface area contributed by atoms with Gasteiger partial charge < -0.3 is 9.67 Å². The van der Waals surface area contributed by atoms with Crippen molar-refractivity contribution in [2.45, 2.75) is 70.8 Å². The molecule has 0 saturated heterocycles. The lowest BCUT2D eigenvalue weighted by atomic mass is 10.0. The minimum atomic E-state index is -0.890. The van der Waals surface area contributed by atoms with E-state index in [1.165, 1.54) is 12.8 Å². The van der Waals surface area contributed by atoms with Gasteiger partial charge in [0.05, 0.1) is 16.6 Å². The van der Waals surface area contributed by atoms with Gasteiger partial charge in [-0.05, 0) is 43.9 Å². The lowest BCUT2D eigenvalue weighted by Crippen LogP contribution is -2.17. The van der Waals surface area contributed by atoms with Crippen molar-refractivity contribution in [1.82, 2.24) is 9.55 Å². The van der Waals surface area contributed by atoms with Crippen LogP contribution in [0.15, 0.2) is 18.2 Å². The third-order valence-electron chi connectivity index (χ3n) is 5.09. The first-order valence-corrected chi connectivity index (χ1v) is 8.76. The van der Waals surface area contributed by atoms with E-state index in [9.17, 15) is 9.90 Å². The van der Waals surface area contributed by atoms with Crippen LogP contribution in [-0.4, -0.2) is 20.6 Å². The summed E-state index contributed by atoms with van der Waals surface area (Å²) in [6.45, 7) is 6.73. The summed E-state index contributed by atoms with van der Waals surface area (Å²) in [6, 6.07) is 5.83. The number of aromatic nitrogens is 2. The highest BCUT2D eigenvalue weighted by atomic mass is 16.4. The van der Waals surface area contributed by atoms with Crippen molar-refractivity contribution in [1.29, 1.82) is 0 Å². The Morgan fingerprint density at radius 2 is 1.96 bits per heavy atom. The number of carboxylic acid groups (broad SMARTS) is 1. The maximum Gasteiger partial charge on any atom is 0.335 e. The van der Waals surface area contributed by atoms with Crippen LogP contribution in [0.5, 0.6) is 0 Å². The molecule has 1 heterocycles. The van der Waals surface area contributed by atoms with E-state index < -0.39 is 5.97 Å². The Balaban J connectivity index is 2.17. The Kier molecular flexibility index (Phi) is 4.17. The SMILES string of the molecule is CCCC(CCC)n1c(C2(C)CC2)nc2cc(C(=O)O)ccc21. The first-order chi connectivity index (χ1) is 11.0. The van der Waals surface area contributed by atoms with Crippen molar-refractivity contribution in [3.05, 3.63) is 29.6 Å². The minimum Gasteiger partial charge on any atom is -0.478 e. The summed E-state index contributed by atoms with van der Waals surface area (Å²) in [5.41, 5.74) is 2.40. The fourth-order valence-electron chi connectivity index (χ4n) is 3.51. The molecular formula is C19H26N2O2. The molecule has 0 spiro atoms. The van der Waals surface area contributed by atoms with Crippen LogP contribution in [-0.2, 0) is 5.41 Å². The molecule has 1 aromatic carbocycles. The molecule has 2 aromatic rings. The molecule has 4 nitrogen and oxygen atoms in total. The topological polar surface area (TPSA) is 55.1 Å². The number of fused-ring (bicyclic) bond motifs is 1. The number of carboxylic acids is 1. The van der Waals surface area contributed by atoms with E-state index in [0.29, 0.717) is 11.6 Å². The highest BCUT2D eigenvalue weighted by Crippen LogP contribution is 2.49. The van der Waals surface area contributed by atoms with Crippen LogP contribution in [0, 0.1) is 0 Å². The maximum absolute atomic E-state index is 11.2. The third kappa shape index (κ3) is 2.87. The Morgan fingerprint density at radius 3 is 2.48 bits per heavy atom. The Morgan fingerprint density at radius 1 is 1.30 bits per heavy atom. The summed E-state index contributed by atoms with van der Waals surface area (Å²) < 4.78 is 2.42. The first kappa shape index (κ1) is 16.0. The molecule has 124 valence electrons. The van der Waals surface area contributed by atoms with Crippen LogP contribution in [0.3, 0.4) is 0 Å². The molecule has 0 aliphatic heterocycles. The van der Waals surface area contributed by atoms with Crippen LogP contribution in [0.4, 0.5) is 0 Å². The fraction of sp³-hybridized carbons (Fsp3) is 0.579. The fourth-order valence-corrected chi connectivity index (χ4v) is 3.51. The first-order valence-electron chi connectivity index (χ1n) is 8.76. The number of carbonyl (C=O) groups is 1. The number of imidazole rings is 1. The van der Waals surface area contributed by atoms with Gasteiger partial charge in [-0.3, -0.25) is 0 Å². The molecule has 1 N–H and O–H groups in total. The van der Waals surface area contributed by atoms with Gasteiger partial charge in [0.2, 0.25) is 0 Å². The molecule has 23 heavy (non-hydrogen) atoms. The summed E-state index contributed by atoms with van der Waals surface area (Å²) in [5, 5.41) is 9.24. The molecule has 0 atom stereocenters. The van der Waals surface area contributed by atoms with E-state index in [1.54, 1.807) is 12.1 Å². The third-order valence-corrected chi connectivity index (χ3v) is 5.09. The van der Waals surface area contributed by atoms with Crippen molar-refractivity contribution in [2.75, 3.05) is 0 Å². The van der Waals surface area contributed by atoms with Crippen LogP contribution in [0.2, 0.25) is 0 Å². The lowest BCUT2D eigenvalue weighted by Gasteiger charge is -2.23. The Bertz CT molecular complexity index is 722. The monoisotopic (exact) mass is 314 g/mol. The van der Waals surface area contributed by atoms with Gasteiger partial charge in [-0.2, -0.15) is 0 Å². The van der Waals surface area contributed by atoms with Crippen molar-refractivity contribution in [3.63, 3.8) is 0 Å². The number of nitrogens with zero attached hydrogens (tertiary/aromatic N) is 2. The number of aromatic carboxylic acids is 1. The van der Waals surface area contributed by atoms with Crippen LogP contribution in [0.1, 0.15) is 81.5 Å². The second kappa shape index (κ2) is 5.99. The summed E-state index contributed by atoms with van der Waals surface area (Å²) in [4.78, 5) is 16.1. The van der Waals surface area contributed by atoms with Gasteiger partial charge in [0.15, 0.2) is 0 Å². The molecular weight excluding hydrogens is 288 g/mol. The molecule has 1 fully saturated rings. The zero-order valence-electron chi connectivity index (χ0n) is 14.3. The maximum atomic E-state index is 11.2. The van der Waals surface area contributed by atoms with Crippen LogP contribution in [0.25, 0.3) is 11.0 Å². The van der Waals surface area contributed by atoms with E-state index in [-0.39, 0.29) is 5.41 Å². The molecule has 3 rings (SSSR count). The van der Waals surface area contributed by atoms with E-state index in [4.69, 9.17) is 4.98 Å². The van der Waals surface area contributed by atoms with E-state index in [0.717, 1.165) is 42.5 Å². The highest BCUT2D eigenvalue weighted by molar-refractivity contribution is 5.92. The zero-order chi connectivity index (χ0) is 16.6. The number of rotatable bonds is 7. The lowest BCUT2D eigenvalue weighted by molar-refractivity contribution is 0.0697. The summed E-state index contributed by atoms with van der Waals surface area (Å²) in [6.07, 6.45) is 6.92. The quantitative estimate of drug-likeness (QED) is 0.788. The summed E-state index contributed by atoms with van der Waals surface area (Å²) in [7, 11) is 0. The predicted molar refractivity (Wildman–Crippen MR) is 92.1 cm³/mol. The van der Waals surface area contributed by atoms with Crippen LogP contribution < -0.4 is 0 Å². The molecule has 0 amide bonds. The number of hydrogen-bond donors (Lipinski definition) is 1. The molecule has 0 radical (unpaired) electrons. The van der Waals surface area contributed by atoms with Gasteiger partial charge in [0.1, 0.15) is 5.82 Å². The smallest absolute Gasteiger partial charge is 0.335 e. The average molecular weight is 314 g/mol. The van der Waals surface area contributed by atoms with Gasteiger partial charge in [-0.15, -0.1) is 0 Å². The second-order valence-electron chi connectivity index (χ2n) is 7.11. The Labute approximate surface area is 137 Å². The molecule has 1 aliphatic carbocycles. The molecule has 1 saturated carbocycles. The van der Waals surface area contributed by atoms with E-state index in [1.807, 2.05) is 6.07 Å². The van der Waals surface area contributed by atoms with Gasteiger partial charge in [0, 0.05) is 11.5 Å². The molecule has 4 heteroatoms. The summed E-state index contributed by atoms with van der Waals surface area (Å²) >= 11 is 0. The van der Waals surface area contributed by atoms with Crippen molar-refractivity contribution >= 4 is 17.0 Å². The second-order valence-corrected chi connectivity index (χ2v) is 7.11. The molecule has 1 aromatic heterocycles. The van der Waals surface area contributed by atoms with Crippen molar-refractivity contribution in [3.8, 4) is 0 Å². The van der Waals surface area contributed by atoms with Crippen molar-refractivity contribution < 1.29 is 9.90 Å². The van der Waals surface area contributed by atoms with Gasteiger partial charge in [-0.1, -0.05) is 33.6 Å². The molecule has 1 aliphatic rings. The van der Waals surface area contributed by atoms with E-state index >= 15 is 0 Å². The van der Waals surface area contributed by atoms with Gasteiger partial charge in [0.25, 0.3) is 0 Å². The zero-order valence-corrected chi connectivity index (χ0v) is 14.3. The van der Waals surface area contributed by atoms with Crippen molar-refractivity contribution in [2.24, 2.45) is 0 Å². The highest BCUT2D eigenvalue weighted by Gasteiger charge is 2.44. The molecule has 0 unspecified atom stereocenters. The Hall–Kier alpha value is -1.84. The number of benzene rings is 1. The molecule has 0 bridgehead atoms. The van der Waals surface area contributed by atoms with Gasteiger partial charge in [-0.25, -0.2) is 9.78 Å².